The summed E-state index contributed by atoms with van der Waals surface area (Å²) in [5.74, 6) is 1.28. The number of halogens is 1. The van der Waals surface area contributed by atoms with E-state index in [-0.39, 0.29) is 0 Å². The third-order valence-electron chi connectivity index (χ3n) is 2.41. The van der Waals surface area contributed by atoms with E-state index in [1.165, 1.54) is 0 Å². The van der Waals surface area contributed by atoms with Gasteiger partial charge in [-0.2, -0.15) is 0 Å². The molecule has 3 nitrogen and oxygen atoms in total. The van der Waals surface area contributed by atoms with Gasteiger partial charge in [0.25, 0.3) is 0 Å². The average Bonchev–Trinajstić information content (AvgIpc) is 2.34. The molecule has 0 aromatic heterocycles. The summed E-state index contributed by atoms with van der Waals surface area (Å²) in [4.78, 5) is 0. The number of methoxy groups -OCH3 is 2. The SMILES string of the molecule is CNCCc1cc(CF)cc(OC)c1OC. The number of likely N-dealkylation sites (N-methyl/N-ethyl adjacent to an activating group) is 1. The van der Waals surface area contributed by atoms with Crippen LogP contribution in [0.3, 0.4) is 0 Å². The largest absolute Gasteiger partial charge is 0.493 e. The van der Waals surface area contributed by atoms with Gasteiger partial charge in [0.2, 0.25) is 0 Å². The van der Waals surface area contributed by atoms with Gasteiger partial charge in [0.15, 0.2) is 11.5 Å². The second kappa shape index (κ2) is 6.33. The number of hydrogen-bond acceptors (Lipinski definition) is 3. The smallest absolute Gasteiger partial charge is 0.163 e. The van der Waals surface area contributed by atoms with Crippen LogP contribution in [-0.2, 0) is 13.1 Å². The molecule has 0 aliphatic rings. The lowest BCUT2D eigenvalue weighted by molar-refractivity contribution is 0.350. The molecule has 0 bridgehead atoms. The number of ether oxygens (including phenoxy) is 2. The van der Waals surface area contributed by atoms with Gasteiger partial charge in [-0.05, 0) is 43.3 Å². The summed E-state index contributed by atoms with van der Waals surface area (Å²) in [7, 11) is 5.03. The molecule has 0 heterocycles. The Kier molecular flexibility index (Phi) is 5.05. The van der Waals surface area contributed by atoms with Gasteiger partial charge in [-0.15, -0.1) is 0 Å². The van der Waals surface area contributed by atoms with Crippen molar-refractivity contribution in [3.05, 3.63) is 23.3 Å². The molecular weight excluding hydrogens is 209 g/mol. The highest BCUT2D eigenvalue weighted by Gasteiger charge is 2.11. The van der Waals surface area contributed by atoms with Crippen molar-refractivity contribution < 1.29 is 13.9 Å². The highest BCUT2D eigenvalue weighted by atomic mass is 19.1. The predicted octanol–water partition coefficient (Wildman–Crippen LogP) is 1.94. The number of hydrogen-bond donors (Lipinski definition) is 1. The van der Waals surface area contributed by atoms with Gasteiger partial charge in [-0.1, -0.05) is 0 Å². The van der Waals surface area contributed by atoms with Crippen LogP contribution in [0.2, 0.25) is 0 Å². The predicted molar refractivity (Wildman–Crippen MR) is 62.0 cm³/mol. The van der Waals surface area contributed by atoms with Crippen LogP contribution in [0, 0.1) is 0 Å². The highest BCUT2D eigenvalue weighted by Crippen LogP contribution is 2.33. The summed E-state index contributed by atoms with van der Waals surface area (Å²) in [5, 5.41) is 3.05. The van der Waals surface area contributed by atoms with E-state index in [2.05, 4.69) is 5.32 Å². The molecule has 4 heteroatoms. The first-order valence-corrected chi connectivity index (χ1v) is 5.21. The monoisotopic (exact) mass is 227 g/mol. The second-order valence-electron chi connectivity index (χ2n) is 3.48. The summed E-state index contributed by atoms with van der Waals surface area (Å²) in [6.07, 6.45) is 0.782. The first-order valence-electron chi connectivity index (χ1n) is 5.21. The van der Waals surface area contributed by atoms with E-state index >= 15 is 0 Å². The number of alkyl halides is 1. The van der Waals surface area contributed by atoms with Crippen LogP contribution < -0.4 is 14.8 Å². The number of nitrogens with one attached hydrogen (secondary N) is 1. The van der Waals surface area contributed by atoms with Crippen LogP contribution in [0.4, 0.5) is 4.39 Å². The van der Waals surface area contributed by atoms with E-state index in [1.54, 1.807) is 20.3 Å². The molecule has 0 radical (unpaired) electrons. The molecule has 0 saturated carbocycles. The molecule has 16 heavy (non-hydrogen) atoms. The Morgan fingerprint density at radius 1 is 1.25 bits per heavy atom. The Bertz CT molecular complexity index is 342. The normalized spacial score (nSPS) is 10.2. The van der Waals surface area contributed by atoms with E-state index < -0.39 is 6.67 Å². The molecule has 0 unspecified atom stereocenters. The van der Waals surface area contributed by atoms with Gasteiger partial charge in [-0.3, -0.25) is 0 Å². The zero-order valence-electron chi connectivity index (χ0n) is 9.97. The van der Waals surface area contributed by atoms with Gasteiger partial charge < -0.3 is 14.8 Å². The summed E-state index contributed by atoms with van der Waals surface area (Å²) in [6, 6.07) is 3.49. The molecule has 0 aliphatic heterocycles. The van der Waals surface area contributed by atoms with Crippen molar-refractivity contribution in [2.45, 2.75) is 13.1 Å². The summed E-state index contributed by atoms with van der Waals surface area (Å²) in [6.45, 7) is 0.322. The molecule has 0 atom stereocenters. The summed E-state index contributed by atoms with van der Waals surface area (Å²) in [5.41, 5.74) is 1.58. The van der Waals surface area contributed by atoms with Gasteiger partial charge in [0.05, 0.1) is 14.2 Å². The van der Waals surface area contributed by atoms with Gasteiger partial charge in [0, 0.05) is 0 Å². The summed E-state index contributed by atoms with van der Waals surface area (Å²) >= 11 is 0. The third kappa shape index (κ3) is 2.85. The van der Waals surface area contributed by atoms with Crippen LogP contribution in [0.5, 0.6) is 11.5 Å². The summed E-state index contributed by atoms with van der Waals surface area (Å²) < 4.78 is 23.1. The van der Waals surface area contributed by atoms with Crippen molar-refractivity contribution in [3.8, 4) is 11.5 Å². The second-order valence-corrected chi connectivity index (χ2v) is 3.48. The third-order valence-corrected chi connectivity index (χ3v) is 2.41. The molecule has 0 saturated heterocycles. The van der Waals surface area contributed by atoms with Crippen molar-refractivity contribution in [1.29, 1.82) is 0 Å². The fraction of sp³-hybridized carbons (Fsp3) is 0.500. The minimum atomic E-state index is -0.493. The molecule has 1 aromatic carbocycles. The zero-order chi connectivity index (χ0) is 12.0. The maximum absolute atomic E-state index is 12.7. The molecular formula is C12H18FNO2. The van der Waals surface area contributed by atoms with Crippen molar-refractivity contribution >= 4 is 0 Å². The van der Waals surface area contributed by atoms with E-state index in [4.69, 9.17) is 9.47 Å². The molecule has 90 valence electrons. The van der Waals surface area contributed by atoms with Crippen LogP contribution in [0.1, 0.15) is 11.1 Å². The van der Waals surface area contributed by atoms with Crippen molar-refractivity contribution in [1.82, 2.24) is 5.32 Å². The molecule has 1 aromatic rings. The Balaban J connectivity index is 3.09. The maximum atomic E-state index is 12.7. The highest BCUT2D eigenvalue weighted by molar-refractivity contribution is 5.49. The van der Waals surface area contributed by atoms with Gasteiger partial charge in [0.1, 0.15) is 6.67 Å². The quantitative estimate of drug-likeness (QED) is 0.805. The van der Waals surface area contributed by atoms with Crippen LogP contribution in [0.25, 0.3) is 0 Å². The lowest BCUT2D eigenvalue weighted by atomic mass is 10.1. The Morgan fingerprint density at radius 3 is 2.50 bits per heavy atom. The fourth-order valence-electron chi connectivity index (χ4n) is 1.63. The van der Waals surface area contributed by atoms with E-state index in [0.29, 0.717) is 17.1 Å². The minimum Gasteiger partial charge on any atom is -0.493 e. The van der Waals surface area contributed by atoms with Crippen LogP contribution in [-0.4, -0.2) is 27.8 Å². The molecule has 0 amide bonds. The minimum absolute atomic E-state index is 0.493. The molecule has 0 aliphatic carbocycles. The fourth-order valence-corrected chi connectivity index (χ4v) is 1.63. The van der Waals surface area contributed by atoms with Gasteiger partial charge >= 0.3 is 0 Å². The Morgan fingerprint density at radius 2 is 2.00 bits per heavy atom. The molecule has 1 N–H and O–H groups in total. The first-order chi connectivity index (χ1) is 7.76. The Labute approximate surface area is 95.6 Å². The molecule has 1 rings (SSSR count). The molecule has 0 fully saturated rings. The van der Waals surface area contributed by atoms with E-state index in [9.17, 15) is 4.39 Å². The average molecular weight is 227 g/mol. The number of rotatable bonds is 6. The molecule has 0 spiro atoms. The van der Waals surface area contributed by atoms with Gasteiger partial charge in [-0.25, -0.2) is 4.39 Å². The van der Waals surface area contributed by atoms with Crippen LogP contribution in [0.15, 0.2) is 12.1 Å². The first kappa shape index (κ1) is 12.8. The van der Waals surface area contributed by atoms with E-state index in [0.717, 1.165) is 18.5 Å². The lowest BCUT2D eigenvalue weighted by Crippen LogP contribution is -2.11. The standard InChI is InChI=1S/C12H18FNO2/c1-14-5-4-10-6-9(8-13)7-11(15-2)12(10)16-3/h6-7,14H,4-5,8H2,1-3H3. The van der Waals surface area contributed by atoms with Crippen LogP contribution >= 0.6 is 0 Å². The van der Waals surface area contributed by atoms with Crippen molar-refractivity contribution in [3.63, 3.8) is 0 Å². The Hall–Kier alpha value is -1.29. The topological polar surface area (TPSA) is 30.5 Å². The van der Waals surface area contributed by atoms with E-state index in [1.807, 2.05) is 13.1 Å². The lowest BCUT2D eigenvalue weighted by Gasteiger charge is -2.14. The van der Waals surface area contributed by atoms with Crippen molar-refractivity contribution in [2.75, 3.05) is 27.8 Å². The maximum Gasteiger partial charge on any atom is 0.163 e. The van der Waals surface area contributed by atoms with Crippen molar-refractivity contribution in [2.24, 2.45) is 0 Å². The number of benzene rings is 1. The zero-order valence-corrected chi connectivity index (χ0v) is 9.97.